The quantitative estimate of drug-likeness (QED) is 0.794. The van der Waals surface area contributed by atoms with E-state index < -0.39 is 18.6 Å². The second kappa shape index (κ2) is 5.40. The van der Waals surface area contributed by atoms with Crippen molar-refractivity contribution in [2.45, 2.75) is 83.0 Å². The van der Waals surface area contributed by atoms with E-state index in [-0.39, 0.29) is 0 Å². The number of nitrogens with one attached hydrogen (secondary N) is 1. The van der Waals surface area contributed by atoms with Gasteiger partial charge in [0.05, 0.1) is 6.42 Å². The molecule has 1 unspecified atom stereocenters. The third kappa shape index (κ3) is 3.87. The fourth-order valence-electron chi connectivity index (χ4n) is 3.83. The van der Waals surface area contributed by atoms with Gasteiger partial charge in [-0.05, 0) is 50.9 Å². The molecule has 2 aliphatic rings. The van der Waals surface area contributed by atoms with Crippen molar-refractivity contribution in [3.63, 3.8) is 0 Å². The van der Waals surface area contributed by atoms with Gasteiger partial charge in [0.15, 0.2) is 0 Å². The molecule has 18 heavy (non-hydrogen) atoms. The first-order chi connectivity index (χ1) is 8.39. The van der Waals surface area contributed by atoms with E-state index >= 15 is 0 Å². The van der Waals surface area contributed by atoms with E-state index in [0.29, 0.717) is 11.5 Å². The van der Waals surface area contributed by atoms with Gasteiger partial charge in [-0.2, -0.15) is 13.2 Å². The highest BCUT2D eigenvalue weighted by Gasteiger charge is 2.38. The Morgan fingerprint density at radius 1 is 1.11 bits per heavy atom. The maximum Gasteiger partial charge on any atom is 0.390 e. The smallest absolute Gasteiger partial charge is 0.311 e. The molecule has 2 rings (SSSR count). The minimum Gasteiger partial charge on any atom is -0.311 e. The highest BCUT2D eigenvalue weighted by molar-refractivity contribution is 4.91. The summed E-state index contributed by atoms with van der Waals surface area (Å²) in [5.74, 6) is 0. The largest absolute Gasteiger partial charge is 0.390 e. The van der Waals surface area contributed by atoms with Crippen molar-refractivity contribution in [2.75, 3.05) is 0 Å². The lowest BCUT2D eigenvalue weighted by atomic mass is 9.71. The molecule has 0 aromatic carbocycles. The van der Waals surface area contributed by atoms with Crippen LogP contribution in [0.2, 0.25) is 0 Å². The van der Waals surface area contributed by atoms with Gasteiger partial charge in [0.2, 0.25) is 0 Å². The zero-order chi connectivity index (χ0) is 13.2. The Hall–Kier alpha value is -0.250. The van der Waals surface area contributed by atoms with Crippen LogP contribution in [0.1, 0.15) is 64.7 Å². The minimum absolute atomic E-state index is 0.300. The van der Waals surface area contributed by atoms with Crippen LogP contribution in [0, 0.1) is 5.41 Å². The van der Waals surface area contributed by atoms with E-state index in [4.69, 9.17) is 0 Å². The number of rotatable bonds is 3. The molecular formula is C14H24F3N. The van der Waals surface area contributed by atoms with Gasteiger partial charge in [-0.1, -0.05) is 12.8 Å². The lowest BCUT2D eigenvalue weighted by Crippen LogP contribution is -2.42. The van der Waals surface area contributed by atoms with Crippen LogP contribution in [-0.2, 0) is 0 Å². The average Bonchev–Trinajstić information content (AvgIpc) is 2.68. The number of halogens is 3. The molecule has 0 aromatic heterocycles. The summed E-state index contributed by atoms with van der Waals surface area (Å²) in [6.07, 6.45) is 5.17. The van der Waals surface area contributed by atoms with Crippen LogP contribution >= 0.6 is 0 Å². The monoisotopic (exact) mass is 263 g/mol. The summed E-state index contributed by atoms with van der Waals surface area (Å²) in [7, 11) is 0. The summed E-state index contributed by atoms with van der Waals surface area (Å²) in [6.45, 7) is 1.65. The highest BCUT2D eigenvalue weighted by atomic mass is 19.4. The molecule has 0 heterocycles. The molecule has 1 nitrogen and oxygen atoms in total. The summed E-state index contributed by atoms with van der Waals surface area (Å²) in [5.41, 5.74) is 0.561. The van der Waals surface area contributed by atoms with Crippen molar-refractivity contribution in [1.29, 1.82) is 0 Å². The summed E-state index contributed by atoms with van der Waals surface area (Å²) in [5, 5.41) is 3.16. The van der Waals surface area contributed by atoms with Crippen LogP contribution in [0.4, 0.5) is 13.2 Å². The molecule has 1 spiro atoms. The molecule has 0 aromatic rings. The van der Waals surface area contributed by atoms with Gasteiger partial charge in [-0.25, -0.2) is 0 Å². The Bertz CT molecular complexity index is 259. The first-order valence-corrected chi connectivity index (χ1v) is 7.21. The van der Waals surface area contributed by atoms with Gasteiger partial charge >= 0.3 is 6.18 Å². The Balaban J connectivity index is 1.73. The molecule has 2 saturated carbocycles. The molecule has 0 aliphatic heterocycles. The summed E-state index contributed by atoms with van der Waals surface area (Å²) < 4.78 is 36.8. The van der Waals surface area contributed by atoms with E-state index in [2.05, 4.69) is 5.32 Å². The minimum atomic E-state index is -4.05. The molecule has 0 bridgehead atoms. The third-order valence-electron chi connectivity index (χ3n) is 4.77. The highest BCUT2D eigenvalue weighted by Crippen LogP contribution is 2.48. The lowest BCUT2D eigenvalue weighted by molar-refractivity contribution is -0.139. The van der Waals surface area contributed by atoms with Crippen LogP contribution in [0.3, 0.4) is 0 Å². The maximum absolute atomic E-state index is 12.3. The van der Waals surface area contributed by atoms with Crippen LogP contribution in [0.25, 0.3) is 0 Å². The first kappa shape index (κ1) is 14.2. The maximum atomic E-state index is 12.3. The summed E-state index contributed by atoms with van der Waals surface area (Å²) in [6, 6.07) is -0.152. The lowest BCUT2D eigenvalue weighted by Gasteiger charge is -2.38. The molecule has 1 N–H and O–H groups in total. The molecule has 4 heteroatoms. The Labute approximate surface area is 108 Å². The van der Waals surface area contributed by atoms with Gasteiger partial charge in [0, 0.05) is 12.1 Å². The molecule has 0 amide bonds. The van der Waals surface area contributed by atoms with Gasteiger partial charge in [0.25, 0.3) is 0 Å². The van der Waals surface area contributed by atoms with Crippen molar-refractivity contribution in [3.05, 3.63) is 0 Å². The van der Waals surface area contributed by atoms with Gasteiger partial charge in [-0.15, -0.1) is 0 Å². The zero-order valence-electron chi connectivity index (χ0n) is 11.2. The predicted molar refractivity (Wildman–Crippen MR) is 66.4 cm³/mol. The van der Waals surface area contributed by atoms with E-state index in [1.54, 1.807) is 6.92 Å². The van der Waals surface area contributed by atoms with Gasteiger partial charge in [-0.3, -0.25) is 0 Å². The van der Waals surface area contributed by atoms with E-state index in [1.165, 1.54) is 38.5 Å². The number of alkyl halides is 3. The zero-order valence-corrected chi connectivity index (χ0v) is 11.2. The van der Waals surface area contributed by atoms with Crippen molar-refractivity contribution < 1.29 is 13.2 Å². The second-order valence-electron chi connectivity index (χ2n) is 6.37. The second-order valence-corrected chi connectivity index (χ2v) is 6.37. The molecule has 1 atom stereocenters. The molecule has 2 fully saturated rings. The van der Waals surface area contributed by atoms with Crippen molar-refractivity contribution in [2.24, 2.45) is 5.41 Å². The van der Waals surface area contributed by atoms with E-state index in [0.717, 1.165) is 12.8 Å². The molecule has 0 saturated heterocycles. The van der Waals surface area contributed by atoms with Gasteiger partial charge < -0.3 is 5.32 Å². The molecule has 0 radical (unpaired) electrons. The topological polar surface area (TPSA) is 12.0 Å². The van der Waals surface area contributed by atoms with Crippen molar-refractivity contribution >= 4 is 0 Å². The third-order valence-corrected chi connectivity index (χ3v) is 4.77. The normalized spacial score (nSPS) is 26.7. The Morgan fingerprint density at radius 2 is 1.67 bits per heavy atom. The van der Waals surface area contributed by atoms with E-state index in [1.807, 2.05) is 0 Å². The van der Waals surface area contributed by atoms with Crippen molar-refractivity contribution in [1.82, 2.24) is 5.32 Å². The van der Waals surface area contributed by atoms with Crippen LogP contribution in [-0.4, -0.2) is 18.3 Å². The Morgan fingerprint density at radius 3 is 2.17 bits per heavy atom. The molecule has 2 aliphatic carbocycles. The summed E-state index contributed by atoms with van der Waals surface area (Å²) in [4.78, 5) is 0. The van der Waals surface area contributed by atoms with Crippen molar-refractivity contribution in [3.8, 4) is 0 Å². The first-order valence-electron chi connectivity index (χ1n) is 7.21. The van der Waals surface area contributed by atoms with Crippen LogP contribution in [0.15, 0.2) is 0 Å². The number of hydrogen-bond donors (Lipinski definition) is 1. The molecular weight excluding hydrogens is 239 g/mol. The average molecular weight is 263 g/mol. The fourth-order valence-corrected chi connectivity index (χ4v) is 3.83. The fraction of sp³-hybridized carbons (Fsp3) is 1.00. The van der Waals surface area contributed by atoms with Crippen LogP contribution in [0.5, 0.6) is 0 Å². The predicted octanol–water partition coefficient (Wildman–Crippen LogP) is 4.42. The Kier molecular flexibility index (Phi) is 4.25. The van der Waals surface area contributed by atoms with Crippen LogP contribution < -0.4 is 5.32 Å². The summed E-state index contributed by atoms with van der Waals surface area (Å²) >= 11 is 0. The number of hydrogen-bond acceptors (Lipinski definition) is 1. The standard InChI is InChI=1S/C14H24F3N/c1-11(10-14(15,16)17)18-12-4-8-13(9-5-12)6-2-3-7-13/h11-12,18H,2-10H2,1H3. The SMILES string of the molecule is CC(CC(F)(F)F)NC1CCC2(CCCC2)CC1. The van der Waals surface area contributed by atoms with Gasteiger partial charge in [0.1, 0.15) is 0 Å². The molecule has 106 valence electrons. The van der Waals surface area contributed by atoms with E-state index in [9.17, 15) is 13.2 Å².